The summed E-state index contributed by atoms with van der Waals surface area (Å²) in [6, 6.07) is 3.86. The van der Waals surface area contributed by atoms with Crippen molar-refractivity contribution in [2.75, 3.05) is 0 Å². The number of ether oxygens (including phenoxy) is 1. The predicted molar refractivity (Wildman–Crippen MR) is 57.6 cm³/mol. The molecule has 0 bridgehead atoms. The first-order chi connectivity index (χ1) is 8.09. The van der Waals surface area contributed by atoms with Crippen LogP contribution in [0.25, 0.3) is 0 Å². The van der Waals surface area contributed by atoms with Crippen molar-refractivity contribution < 1.29 is 24.1 Å². The molecular formula is C12H13FO4. The van der Waals surface area contributed by atoms with Crippen molar-refractivity contribution in [3.05, 3.63) is 29.6 Å². The van der Waals surface area contributed by atoms with E-state index in [2.05, 4.69) is 0 Å². The lowest BCUT2D eigenvalue weighted by Crippen LogP contribution is -2.26. The molecule has 0 radical (unpaired) electrons. The molecule has 0 spiro atoms. The van der Waals surface area contributed by atoms with Crippen LogP contribution in [0.15, 0.2) is 18.2 Å². The van der Waals surface area contributed by atoms with Gasteiger partial charge in [0.05, 0.1) is 6.10 Å². The average molecular weight is 240 g/mol. The second-order valence-corrected chi connectivity index (χ2v) is 4.07. The molecule has 0 saturated heterocycles. The molecule has 1 aliphatic carbocycles. The van der Waals surface area contributed by atoms with Gasteiger partial charge in [0.1, 0.15) is 23.2 Å². The number of aliphatic hydroxyl groups excluding tert-OH is 1. The van der Waals surface area contributed by atoms with Gasteiger partial charge >= 0.3 is 5.97 Å². The second kappa shape index (κ2) is 4.71. The minimum atomic E-state index is -1.37. The van der Waals surface area contributed by atoms with Crippen LogP contribution in [0.3, 0.4) is 0 Å². The van der Waals surface area contributed by atoms with Crippen molar-refractivity contribution in [3.63, 3.8) is 0 Å². The predicted octanol–water partition coefficient (Wildman–Crippen LogP) is 1.82. The van der Waals surface area contributed by atoms with Crippen molar-refractivity contribution in [2.24, 2.45) is 0 Å². The maximum absolute atomic E-state index is 13.3. The van der Waals surface area contributed by atoms with Crippen molar-refractivity contribution >= 4 is 5.97 Å². The average Bonchev–Trinajstić information content (AvgIpc) is 2.64. The Morgan fingerprint density at radius 3 is 2.76 bits per heavy atom. The number of carbonyl (C=O) groups is 1. The summed E-state index contributed by atoms with van der Waals surface area (Å²) in [6.07, 6.45) is 1.04. The number of benzene rings is 1. The summed E-state index contributed by atoms with van der Waals surface area (Å²) >= 11 is 0. The zero-order valence-electron chi connectivity index (χ0n) is 9.10. The number of aliphatic hydroxyl groups is 1. The third kappa shape index (κ3) is 2.39. The standard InChI is InChI=1S/C12H13FO4/c13-7-3-1-6-10(11(7)12(15)16)17-9-5-2-4-8(9)14/h1,3,6,8-9,14H,2,4-5H2,(H,15,16). The molecule has 4 nitrogen and oxygen atoms in total. The van der Waals surface area contributed by atoms with Crippen LogP contribution >= 0.6 is 0 Å². The van der Waals surface area contributed by atoms with Gasteiger partial charge in [-0.25, -0.2) is 9.18 Å². The lowest BCUT2D eigenvalue weighted by molar-refractivity contribution is 0.0554. The summed E-state index contributed by atoms with van der Waals surface area (Å²) in [6.45, 7) is 0. The van der Waals surface area contributed by atoms with Crippen molar-refractivity contribution in [2.45, 2.75) is 31.5 Å². The lowest BCUT2D eigenvalue weighted by atomic mass is 10.2. The molecular weight excluding hydrogens is 227 g/mol. The number of carboxylic acids is 1. The van der Waals surface area contributed by atoms with Gasteiger partial charge in [-0.05, 0) is 31.4 Å². The maximum atomic E-state index is 13.3. The molecule has 0 amide bonds. The highest BCUT2D eigenvalue weighted by molar-refractivity contribution is 5.91. The van der Waals surface area contributed by atoms with Crippen molar-refractivity contribution in [3.8, 4) is 5.75 Å². The Hall–Kier alpha value is -1.62. The molecule has 1 aliphatic rings. The number of halogens is 1. The number of hydrogen-bond acceptors (Lipinski definition) is 3. The van der Waals surface area contributed by atoms with E-state index in [1.165, 1.54) is 12.1 Å². The molecule has 0 aliphatic heterocycles. The largest absolute Gasteiger partial charge is 0.487 e. The Morgan fingerprint density at radius 2 is 2.18 bits per heavy atom. The fourth-order valence-electron chi connectivity index (χ4n) is 2.02. The van der Waals surface area contributed by atoms with Gasteiger partial charge < -0.3 is 14.9 Å². The first kappa shape index (κ1) is 11.9. The van der Waals surface area contributed by atoms with Crippen LogP contribution in [0.5, 0.6) is 5.75 Å². The highest BCUT2D eigenvalue weighted by Crippen LogP contribution is 2.28. The molecule has 1 saturated carbocycles. The van der Waals surface area contributed by atoms with Crippen LogP contribution in [0.1, 0.15) is 29.6 Å². The fraction of sp³-hybridized carbons (Fsp3) is 0.417. The quantitative estimate of drug-likeness (QED) is 0.845. The van der Waals surface area contributed by atoms with E-state index < -0.39 is 29.6 Å². The van der Waals surface area contributed by atoms with E-state index >= 15 is 0 Å². The molecule has 1 fully saturated rings. The lowest BCUT2D eigenvalue weighted by Gasteiger charge is -2.18. The van der Waals surface area contributed by atoms with Crippen LogP contribution in [0.2, 0.25) is 0 Å². The van der Waals surface area contributed by atoms with Crippen LogP contribution in [-0.4, -0.2) is 28.4 Å². The highest BCUT2D eigenvalue weighted by Gasteiger charge is 2.29. The van der Waals surface area contributed by atoms with Crippen molar-refractivity contribution in [1.29, 1.82) is 0 Å². The van der Waals surface area contributed by atoms with Gasteiger partial charge in [-0.3, -0.25) is 0 Å². The Morgan fingerprint density at radius 1 is 1.41 bits per heavy atom. The van der Waals surface area contributed by atoms with E-state index in [4.69, 9.17) is 9.84 Å². The van der Waals surface area contributed by atoms with E-state index in [1.54, 1.807) is 0 Å². The second-order valence-electron chi connectivity index (χ2n) is 4.07. The van der Waals surface area contributed by atoms with Crippen LogP contribution < -0.4 is 4.74 Å². The number of hydrogen-bond donors (Lipinski definition) is 2. The molecule has 0 heterocycles. The van der Waals surface area contributed by atoms with Crippen LogP contribution in [0.4, 0.5) is 4.39 Å². The smallest absolute Gasteiger partial charge is 0.342 e. The molecule has 5 heteroatoms. The van der Waals surface area contributed by atoms with E-state index in [0.717, 1.165) is 12.5 Å². The summed E-state index contributed by atoms with van der Waals surface area (Å²) in [7, 11) is 0. The third-order valence-electron chi connectivity index (χ3n) is 2.89. The third-order valence-corrected chi connectivity index (χ3v) is 2.89. The van der Waals surface area contributed by atoms with E-state index in [1.807, 2.05) is 0 Å². The molecule has 17 heavy (non-hydrogen) atoms. The number of rotatable bonds is 3. The van der Waals surface area contributed by atoms with Crippen molar-refractivity contribution in [1.82, 2.24) is 0 Å². The summed E-state index contributed by atoms with van der Waals surface area (Å²) in [4.78, 5) is 10.9. The number of carboxylic acid groups (broad SMARTS) is 1. The Labute approximate surface area is 97.6 Å². The molecule has 0 aromatic heterocycles. The molecule has 1 aromatic rings. The van der Waals surface area contributed by atoms with E-state index in [-0.39, 0.29) is 5.75 Å². The molecule has 92 valence electrons. The summed E-state index contributed by atoms with van der Waals surface area (Å²) in [5.74, 6) is -2.23. The normalized spacial score (nSPS) is 23.6. The SMILES string of the molecule is O=C(O)c1c(F)cccc1OC1CCCC1O. The Kier molecular flexibility index (Phi) is 3.28. The van der Waals surface area contributed by atoms with E-state index in [9.17, 15) is 14.3 Å². The minimum Gasteiger partial charge on any atom is -0.487 e. The monoisotopic (exact) mass is 240 g/mol. The summed E-state index contributed by atoms with van der Waals surface area (Å²) in [5, 5.41) is 18.5. The summed E-state index contributed by atoms with van der Waals surface area (Å²) in [5.41, 5.74) is -0.480. The topological polar surface area (TPSA) is 66.8 Å². The van der Waals surface area contributed by atoms with Gasteiger partial charge in [0.25, 0.3) is 0 Å². The van der Waals surface area contributed by atoms with Crippen LogP contribution in [-0.2, 0) is 0 Å². The zero-order valence-corrected chi connectivity index (χ0v) is 9.10. The van der Waals surface area contributed by atoms with Crippen LogP contribution in [0, 0.1) is 5.82 Å². The van der Waals surface area contributed by atoms with Gasteiger partial charge in [0.2, 0.25) is 0 Å². The fourth-order valence-corrected chi connectivity index (χ4v) is 2.02. The number of aromatic carboxylic acids is 1. The Bertz CT molecular complexity index is 433. The van der Waals surface area contributed by atoms with Gasteiger partial charge in [0, 0.05) is 0 Å². The van der Waals surface area contributed by atoms with E-state index in [0.29, 0.717) is 12.8 Å². The molecule has 1 aromatic carbocycles. The highest BCUT2D eigenvalue weighted by atomic mass is 19.1. The first-order valence-electron chi connectivity index (χ1n) is 5.46. The Balaban J connectivity index is 2.26. The maximum Gasteiger partial charge on any atom is 0.342 e. The minimum absolute atomic E-state index is 0.0246. The first-order valence-corrected chi connectivity index (χ1v) is 5.46. The molecule has 2 N–H and O–H groups in total. The molecule has 2 unspecified atom stereocenters. The van der Waals surface area contributed by atoms with Gasteiger partial charge in [0.15, 0.2) is 0 Å². The molecule has 2 rings (SSSR count). The van der Waals surface area contributed by atoms with Gasteiger partial charge in [-0.15, -0.1) is 0 Å². The zero-order chi connectivity index (χ0) is 12.4. The molecule has 2 atom stereocenters. The van der Waals surface area contributed by atoms with Gasteiger partial charge in [-0.1, -0.05) is 6.07 Å². The summed E-state index contributed by atoms with van der Waals surface area (Å²) < 4.78 is 18.7. The van der Waals surface area contributed by atoms with Gasteiger partial charge in [-0.2, -0.15) is 0 Å².